The van der Waals surface area contributed by atoms with E-state index in [4.69, 9.17) is 15.6 Å². The van der Waals surface area contributed by atoms with E-state index >= 15 is 0 Å². The van der Waals surface area contributed by atoms with Gasteiger partial charge in [-0.05, 0) is 31.2 Å². The second kappa shape index (κ2) is 4.18. The van der Waals surface area contributed by atoms with Crippen molar-refractivity contribution < 1.29 is 4.74 Å². The van der Waals surface area contributed by atoms with E-state index in [1.165, 1.54) is 19.3 Å². The molecule has 0 saturated heterocycles. The Morgan fingerprint density at radius 2 is 2.13 bits per heavy atom. The number of hydrogen-bond donors (Lipinski definition) is 1. The van der Waals surface area contributed by atoms with Crippen molar-refractivity contribution in [1.29, 1.82) is 0 Å². The fraction of sp³-hybridized carbons (Fsp3) is 0.375. The molecular formula is C16H16N6O. The number of hydrogen-bond acceptors (Lipinski definition) is 6. The third-order valence-corrected chi connectivity index (χ3v) is 5.16. The SMILES string of the molecule is COc1cc2ncc(-c3ccnc(N)n3)n2nc1C12CC(C1)C2. The second-order valence-electron chi connectivity index (χ2n) is 6.53. The molecule has 2 N–H and O–H groups in total. The predicted octanol–water partition coefficient (Wildman–Crippen LogP) is 1.83. The Kier molecular flexibility index (Phi) is 2.33. The van der Waals surface area contributed by atoms with Crippen LogP contribution >= 0.6 is 0 Å². The summed E-state index contributed by atoms with van der Waals surface area (Å²) in [6, 6.07) is 3.77. The van der Waals surface area contributed by atoms with Crippen molar-refractivity contribution in [1.82, 2.24) is 24.6 Å². The number of rotatable bonds is 3. The van der Waals surface area contributed by atoms with Crippen LogP contribution in [0.3, 0.4) is 0 Å². The highest BCUT2D eigenvalue weighted by Crippen LogP contribution is 2.66. The van der Waals surface area contributed by atoms with Gasteiger partial charge < -0.3 is 10.5 Å². The molecule has 3 aliphatic rings. The van der Waals surface area contributed by atoms with Gasteiger partial charge in [0, 0.05) is 17.7 Å². The minimum absolute atomic E-state index is 0.205. The first-order valence-electron chi connectivity index (χ1n) is 7.71. The summed E-state index contributed by atoms with van der Waals surface area (Å²) >= 11 is 0. The third-order valence-electron chi connectivity index (χ3n) is 5.16. The normalized spacial score (nSPS) is 25.0. The van der Waals surface area contributed by atoms with E-state index in [1.54, 1.807) is 19.5 Å². The predicted molar refractivity (Wildman–Crippen MR) is 84.0 cm³/mol. The number of nitrogens with zero attached hydrogens (tertiary/aromatic N) is 5. The Morgan fingerprint density at radius 3 is 2.78 bits per heavy atom. The van der Waals surface area contributed by atoms with E-state index in [2.05, 4.69) is 15.0 Å². The molecule has 0 amide bonds. The van der Waals surface area contributed by atoms with Crippen LogP contribution in [0, 0.1) is 5.92 Å². The smallest absolute Gasteiger partial charge is 0.220 e. The zero-order chi connectivity index (χ0) is 15.6. The first kappa shape index (κ1) is 12.8. The Balaban J connectivity index is 1.72. The maximum absolute atomic E-state index is 5.70. The van der Waals surface area contributed by atoms with E-state index in [1.807, 2.05) is 16.6 Å². The lowest BCUT2D eigenvalue weighted by atomic mass is 9.43. The zero-order valence-electron chi connectivity index (χ0n) is 12.7. The van der Waals surface area contributed by atoms with Gasteiger partial charge in [0.1, 0.15) is 17.1 Å². The summed E-state index contributed by atoms with van der Waals surface area (Å²) in [5.74, 6) is 1.95. The number of methoxy groups -OCH3 is 1. The highest BCUT2D eigenvalue weighted by molar-refractivity contribution is 5.61. The van der Waals surface area contributed by atoms with Crippen LogP contribution in [-0.2, 0) is 5.41 Å². The number of aromatic nitrogens is 5. The molecule has 0 spiro atoms. The van der Waals surface area contributed by atoms with Crippen LogP contribution in [0.5, 0.6) is 5.75 Å². The van der Waals surface area contributed by atoms with E-state index in [0.29, 0.717) is 5.69 Å². The highest BCUT2D eigenvalue weighted by Gasteiger charge is 2.59. The van der Waals surface area contributed by atoms with Gasteiger partial charge in [-0.25, -0.2) is 19.5 Å². The number of nitrogens with two attached hydrogens (primary N) is 1. The molecule has 23 heavy (non-hydrogen) atoms. The van der Waals surface area contributed by atoms with Crippen LogP contribution in [0.25, 0.3) is 17.0 Å². The highest BCUT2D eigenvalue weighted by atomic mass is 16.5. The maximum atomic E-state index is 5.70. The molecule has 7 heteroatoms. The van der Waals surface area contributed by atoms with Gasteiger partial charge in [0.15, 0.2) is 5.65 Å². The van der Waals surface area contributed by atoms with Crippen molar-refractivity contribution in [2.45, 2.75) is 24.7 Å². The number of ether oxygens (including phenoxy) is 1. The molecule has 3 saturated carbocycles. The van der Waals surface area contributed by atoms with Crippen LogP contribution in [0.2, 0.25) is 0 Å². The minimum Gasteiger partial charge on any atom is -0.495 e. The minimum atomic E-state index is 0.205. The lowest BCUT2D eigenvalue weighted by Gasteiger charge is -2.61. The van der Waals surface area contributed by atoms with Crippen molar-refractivity contribution in [3.8, 4) is 17.1 Å². The lowest BCUT2D eigenvalue weighted by Crippen LogP contribution is -2.56. The fourth-order valence-electron chi connectivity index (χ4n) is 3.88. The number of fused-ring (bicyclic) bond motifs is 1. The van der Waals surface area contributed by atoms with Crippen LogP contribution in [0.4, 0.5) is 5.95 Å². The van der Waals surface area contributed by atoms with Crippen LogP contribution < -0.4 is 10.5 Å². The largest absolute Gasteiger partial charge is 0.495 e. The molecule has 3 fully saturated rings. The number of nitrogen functional groups attached to an aromatic ring is 1. The molecule has 3 heterocycles. The average molecular weight is 308 g/mol. The third kappa shape index (κ3) is 1.64. The maximum Gasteiger partial charge on any atom is 0.220 e. The van der Waals surface area contributed by atoms with E-state index in [0.717, 1.165) is 28.7 Å². The summed E-state index contributed by atoms with van der Waals surface area (Å²) in [6.07, 6.45) is 7.04. The van der Waals surface area contributed by atoms with E-state index in [9.17, 15) is 0 Å². The summed E-state index contributed by atoms with van der Waals surface area (Å²) in [4.78, 5) is 12.7. The molecule has 0 aromatic carbocycles. The Hall–Kier alpha value is -2.70. The van der Waals surface area contributed by atoms with Crippen LogP contribution in [-0.4, -0.2) is 31.7 Å². The van der Waals surface area contributed by atoms with Crippen LogP contribution in [0.1, 0.15) is 25.0 Å². The van der Waals surface area contributed by atoms with Gasteiger partial charge in [0.25, 0.3) is 0 Å². The summed E-state index contributed by atoms with van der Waals surface area (Å²) < 4.78 is 7.41. The van der Waals surface area contributed by atoms with Crippen molar-refractivity contribution in [3.05, 3.63) is 30.2 Å². The van der Waals surface area contributed by atoms with Crippen molar-refractivity contribution >= 4 is 11.6 Å². The molecule has 3 aromatic rings. The van der Waals surface area contributed by atoms with Gasteiger partial charge in [0.2, 0.25) is 5.95 Å². The van der Waals surface area contributed by atoms with E-state index < -0.39 is 0 Å². The molecule has 0 aliphatic heterocycles. The topological polar surface area (TPSA) is 91.2 Å². The average Bonchev–Trinajstić information content (AvgIpc) is 2.86. The number of anilines is 1. The molecule has 3 aliphatic carbocycles. The lowest BCUT2D eigenvalue weighted by molar-refractivity contribution is -0.0333. The van der Waals surface area contributed by atoms with Crippen molar-refractivity contribution in [3.63, 3.8) is 0 Å². The molecule has 7 nitrogen and oxygen atoms in total. The van der Waals surface area contributed by atoms with E-state index in [-0.39, 0.29) is 11.4 Å². The van der Waals surface area contributed by atoms with Crippen molar-refractivity contribution in [2.24, 2.45) is 5.92 Å². The van der Waals surface area contributed by atoms with Gasteiger partial charge in [-0.3, -0.25) is 0 Å². The first-order chi connectivity index (χ1) is 11.2. The van der Waals surface area contributed by atoms with Crippen LogP contribution in [0.15, 0.2) is 24.5 Å². The summed E-state index contributed by atoms with van der Waals surface area (Å²) in [5.41, 5.74) is 9.21. The molecule has 6 rings (SSSR count). The molecule has 0 atom stereocenters. The molecule has 0 radical (unpaired) electrons. The van der Waals surface area contributed by atoms with Gasteiger partial charge in [-0.15, -0.1) is 0 Å². The number of imidazole rings is 1. The molecule has 2 bridgehead atoms. The quantitative estimate of drug-likeness (QED) is 0.793. The molecule has 3 aromatic heterocycles. The Labute approximate surface area is 132 Å². The summed E-state index contributed by atoms with van der Waals surface area (Å²) in [5, 5.41) is 4.87. The van der Waals surface area contributed by atoms with Gasteiger partial charge in [0.05, 0.1) is 19.0 Å². The zero-order valence-corrected chi connectivity index (χ0v) is 12.7. The van der Waals surface area contributed by atoms with Gasteiger partial charge >= 0.3 is 0 Å². The Bertz CT molecular complexity index is 916. The summed E-state index contributed by atoms with van der Waals surface area (Å²) in [6.45, 7) is 0. The molecule has 0 unspecified atom stereocenters. The second-order valence-corrected chi connectivity index (χ2v) is 6.53. The monoisotopic (exact) mass is 308 g/mol. The van der Waals surface area contributed by atoms with Crippen molar-refractivity contribution in [2.75, 3.05) is 12.8 Å². The standard InChI is InChI=1S/C16H16N6O/c1-23-12-4-13-19-8-11(10-2-3-18-15(17)20-10)22(13)21-14(12)16-5-9(6-16)7-16/h2-4,8-9H,5-7H2,1H3,(H2,17,18,20). The fourth-order valence-corrected chi connectivity index (χ4v) is 3.88. The summed E-state index contributed by atoms with van der Waals surface area (Å²) in [7, 11) is 1.69. The molecular weight excluding hydrogens is 292 g/mol. The van der Waals surface area contributed by atoms with Gasteiger partial charge in [-0.1, -0.05) is 0 Å². The Morgan fingerprint density at radius 1 is 1.30 bits per heavy atom. The first-order valence-corrected chi connectivity index (χ1v) is 7.71. The molecule has 116 valence electrons. The van der Waals surface area contributed by atoms with Gasteiger partial charge in [-0.2, -0.15) is 5.10 Å².